The molecule has 0 radical (unpaired) electrons. The van der Waals surface area contributed by atoms with Crippen LogP contribution in [0.5, 0.6) is 0 Å². The lowest BCUT2D eigenvalue weighted by Gasteiger charge is -2.07. The molecule has 0 amide bonds. The van der Waals surface area contributed by atoms with Gasteiger partial charge in [0.25, 0.3) is 0 Å². The summed E-state index contributed by atoms with van der Waals surface area (Å²) in [5.74, 6) is 0. The third-order valence-corrected chi connectivity index (χ3v) is 2.99. The van der Waals surface area contributed by atoms with Crippen molar-refractivity contribution in [3.8, 4) is 11.3 Å². The summed E-state index contributed by atoms with van der Waals surface area (Å²) in [5, 5.41) is 0.284. The fraction of sp³-hybridized carbons (Fsp3) is 0.167. The Bertz CT molecular complexity index is 514. The van der Waals surface area contributed by atoms with E-state index in [1.165, 1.54) is 0 Å². The lowest BCUT2D eigenvalue weighted by Crippen LogP contribution is -1.94. The SMILES string of the molecule is CCc1cnc(Cl)nc1-c1cccc(Br)c1. The van der Waals surface area contributed by atoms with Crippen LogP contribution in [0.1, 0.15) is 12.5 Å². The van der Waals surface area contributed by atoms with Gasteiger partial charge in [-0.05, 0) is 35.7 Å². The Labute approximate surface area is 108 Å². The van der Waals surface area contributed by atoms with Crippen LogP contribution in [0.2, 0.25) is 5.28 Å². The standard InChI is InChI=1S/C12H10BrClN2/c1-2-8-7-15-12(14)16-11(8)9-4-3-5-10(13)6-9/h3-7H,2H2,1H3. The van der Waals surface area contributed by atoms with Crippen molar-refractivity contribution in [3.05, 3.63) is 45.8 Å². The van der Waals surface area contributed by atoms with Gasteiger partial charge in [0.05, 0.1) is 5.69 Å². The number of aromatic nitrogens is 2. The second-order valence-corrected chi connectivity index (χ2v) is 4.63. The fourth-order valence-corrected chi connectivity index (χ4v) is 2.06. The van der Waals surface area contributed by atoms with Gasteiger partial charge in [0.1, 0.15) is 0 Å². The molecule has 16 heavy (non-hydrogen) atoms. The quantitative estimate of drug-likeness (QED) is 0.779. The molecule has 0 N–H and O–H groups in total. The van der Waals surface area contributed by atoms with E-state index in [0.29, 0.717) is 0 Å². The van der Waals surface area contributed by atoms with E-state index in [-0.39, 0.29) is 5.28 Å². The van der Waals surface area contributed by atoms with Crippen LogP contribution >= 0.6 is 27.5 Å². The molecule has 0 spiro atoms. The highest BCUT2D eigenvalue weighted by Gasteiger charge is 2.07. The van der Waals surface area contributed by atoms with E-state index in [9.17, 15) is 0 Å². The van der Waals surface area contributed by atoms with Crippen LogP contribution in [0.15, 0.2) is 34.9 Å². The highest BCUT2D eigenvalue weighted by molar-refractivity contribution is 9.10. The molecule has 2 aromatic rings. The summed E-state index contributed by atoms with van der Waals surface area (Å²) in [5.41, 5.74) is 3.06. The first-order valence-electron chi connectivity index (χ1n) is 4.98. The van der Waals surface area contributed by atoms with Crippen molar-refractivity contribution < 1.29 is 0 Å². The molecule has 82 valence electrons. The molecule has 0 saturated heterocycles. The molecule has 1 aromatic carbocycles. The van der Waals surface area contributed by atoms with E-state index >= 15 is 0 Å². The summed E-state index contributed by atoms with van der Waals surface area (Å²) >= 11 is 9.28. The van der Waals surface area contributed by atoms with Gasteiger partial charge in [-0.2, -0.15) is 0 Å². The third kappa shape index (κ3) is 2.42. The second-order valence-electron chi connectivity index (χ2n) is 3.38. The van der Waals surface area contributed by atoms with Crippen molar-refractivity contribution in [2.24, 2.45) is 0 Å². The van der Waals surface area contributed by atoms with Crippen molar-refractivity contribution in [1.82, 2.24) is 9.97 Å². The summed E-state index contributed by atoms with van der Waals surface area (Å²) in [6, 6.07) is 8.01. The first-order valence-corrected chi connectivity index (χ1v) is 6.15. The maximum absolute atomic E-state index is 5.83. The molecule has 1 heterocycles. The molecule has 0 bridgehead atoms. The highest BCUT2D eigenvalue weighted by atomic mass is 79.9. The van der Waals surface area contributed by atoms with Gasteiger partial charge in [-0.25, -0.2) is 9.97 Å². The highest BCUT2D eigenvalue weighted by Crippen LogP contribution is 2.25. The van der Waals surface area contributed by atoms with Crippen LogP contribution in [0, 0.1) is 0 Å². The van der Waals surface area contributed by atoms with E-state index in [0.717, 1.165) is 27.7 Å². The number of hydrogen-bond donors (Lipinski definition) is 0. The predicted molar refractivity (Wildman–Crippen MR) is 69.6 cm³/mol. The van der Waals surface area contributed by atoms with Gasteiger partial charge in [-0.15, -0.1) is 0 Å². The van der Waals surface area contributed by atoms with Crippen LogP contribution < -0.4 is 0 Å². The van der Waals surface area contributed by atoms with E-state index < -0.39 is 0 Å². The number of halogens is 2. The van der Waals surface area contributed by atoms with Crippen molar-refractivity contribution in [2.45, 2.75) is 13.3 Å². The first kappa shape index (κ1) is 11.6. The summed E-state index contributed by atoms with van der Waals surface area (Å²) in [6.07, 6.45) is 2.67. The zero-order valence-corrected chi connectivity index (χ0v) is 11.1. The van der Waals surface area contributed by atoms with Gasteiger partial charge < -0.3 is 0 Å². The van der Waals surface area contributed by atoms with Gasteiger partial charge in [0, 0.05) is 16.2 Å². The summed E-state index contributed by atoms with van der Waals surface area (Å²) < 4.78 is 1.03. The molecule has 0 aliphatic heterocycles. The number of aryl methyl sites for hydroxylation is 1. The molecular weight excluding hydrogens is 288 g/mol. The number of benzene rings is 1. The Kier molecular flexibility index (Phi) is 3.56. The Morgan fingerprint density at radius 3 is 2.88 bits per heavy atom. The maximum Gasteiger partial charge on any atom is 0.222 e. The van der Waals surface area contributed by atoms with E-state index in [2.05, 4.69) is 32.8 Å². The smallest absolute Gasteiger partial charge is 0.222 e. The lowest BCUT2D eigenvalue weighted by molar-refractivity contribution is 1.05. The number of rotatable bonds is 2. The van der Waals surface area contributed by atoms with Gasteiger partial charge >= 0.3 is 0 Å². The topological polar surface area (TPSA) is 25.8 Å². The van der Waals surface area contributed by atoms with Gasteiger partial charge in [0.2, 0.25) is 5.28 Å². The molecular formula is C12H10BrClN2. The zero-order valence-electron chi connectivity index (χ0n) is 8.74. The Morgan fingerprint density at radius 1 is 1.38 bits per heavy atom. The average Bonchev–Trinajstić information content (AvgIpc) is 2.29. The molecule has 2 nitrogen and oxygen atoms in total. The molecule has 4 heteroatoms. The molecule has 0 saturated carbocycles. The molecule has 0 unspecified atom stereocenters. The van der Waals surface area contributed by atoms with Crippen LogP contribution in [0.4, 0.5) is 0 Å². The Morgan fingerprint density at radius 2 is 2.19 bits per heavy atom. The van der Waals surface area contributed by atoms with E-state index in [1.54, 1.807) is 6.20 Å². The molecule has 0 aliphatic carbocycles. The summed E-state index contributed by atoms with van der Waals surface area (Å²) in [6.45, 7) is 2.08. The molecule has 2 rings (SSSR count). The minimum Gasteiger partial charge on any atom is -0.226 e. The Balaban J connectivity index is 2.58. The van der Waals surface area contributed by atoms with Crippen molar-refractivity contribution in [3.63, 3.8) is 0 Å². The second kappa shape index (κ2) is 4.93. The number of hydrogen-bond acceptors (Lipinski definition) is 2. The predicted octanol–water partition coefficient (Wildman–Crippen LogP) is 4.12. The first-order chi connectivity index (χ1) is 7.70. The molecule has 0 fully saturated rings. The average molecular weight is 298 g/mol. The zero-order chi connectivity index (χ0) is 11.5. The summed E-state index contributed by atoms with van der Waals surface area (Å²) in [7, 11) is 0. The Hall–Kier alpha value is -0.930. The fourth-order valence-electron chi connectivity index (χ4n) is 1.53. The van der Waals surface area contributed by atoms with Crippen LogP contribution in [-0.4, -0.2) is 9.97 Å². The molecule has 0 aliphatic rings. The summed E-state index contributed by atoms with van der Waals surface area (Å²) in [4.78, 5) is 8.29. The van der Waals surface area contributed by atoms with E-state index in [4.69, 9.17) is 11.6 Å². The monoisotopic (exact) mass is 296 g/mol. The van der Waals surface area contributed by atoms with Crippen LogP contribution in [-0.2, 0) is 6.42 Å². The van der Waals surface area contributed by atoms with Gasteiger partial charge in [0.15, 0.2) is 0 Å². The molecule has 0 atom stereocenters. The van der Waals surface area contributed by atoms with Crippen molar-refractivity contribution in [1.29, 1.82) is 0 Å². The lowest BCUT2D eigenvalue weighted by atomic mass is 10.1. The number of nitrogens with zero attached hydrogens (tertiary/aromatic N) is 2. The largest absolute Gasteiger partial charge is 0.226 e. The molecule has 1 aromatic heterocycles. The minimum atomic E-state index is 0.284. The van der Waals surface area contributed by atoms with Gasteiger partial charge in [-0.1, -0.05) is 35.0 Å². The van der Waals surface area contributed by atoms with Gasteiger partial charge in [-0.3, -0.25) is 0 Å². The maximum atomic E-state index is 5.83. The van der Waals surface area contributed by atoms with Crippen molar-refractivity contribution in [2.75, 3.05) is 0 Å². The van der Waals surface area contributed by atoms with Crippen molar-refractivity contribution >= 4 is 27.5 Å². The minimum absolute atomic E-state index is 0.284. The van der Waals surface area contributed by atoms with E-state index in [1.807, 2.05) is 24.3 Å². The normalized spacial score (nSPS) is 10.4. The van der Waals surface area contributed by atoms with Crippen LogP contribution in [0.25, 0.3) is 11.3 Å². The third-order valence-electron chi connectivity index (χ3n) is 2.31. The van der Waals surface area contributed by atoms with Crippen LogP contribution in [0.3, 0.4) is 0 Å².